The third kappa shape index (κ3) is 5.19. The molecule has 0 saturated heterocycles. The monoisotopic (exact) mass is 483 g/mol. The van der Waals surface area contributed by atoms with Crippen molar-refractivity contribution in [1.29, 1.82) is 0 Å². The predicted octanol–water partition coefficient (Wildman–Crippen LogP) is 4.16. The Morgan fingerprint density at radius 2 is 1.79 bits per heavy atom. The minimum absolute atomic E-state index is 0.107. The molecular weight excluding hydrogens is 459 g/mol. The zero-order valence-corrected chi connectivity index (χ0v) is 19.2. The number of para-hydroxylation sites is 1. The molecule has 0 N–H and O–H groups in total. The van der Waals surface area contributed by atoms with E-state index >= 15 is 0 Å². The van der Waals surface area contributed by atoms with E-state index < -0.39 is 33.5 Å². The summed E-state index contributed by atoms with van der Waals surface area (Å²) in [5.41, 5.74) is 0.0822. The molecule has 7 nitrogen and oxygen atoms in total. The van der Waals surface area contributed by atoms with Crippen LogP contribution in [0.15, 0.2) is 47.4 Å². The second kappa shape index (κ2) is 9.52. The van der Waals surface area contributed by atoms with E-state index in [4.69, 9.17) is 4.74 Å². The largest absolute Gasteiger partial charge is 0.426 e. The van der Waals surface area contributed by atoms with Gasteiger partial charge in [-0.15, -0.1) is 0 Å². The van der Waals surface area contributed by atoms with Gasteiger partial charge in [0.25, 0.3) is 0 Å². The minimum Gasteiger partial charge on any atom is -0.426 e. The van der Waals surface area contributed by atoms with Crippen LogP contribution in [0.3, 0.4) is 0 Å². The number of fused-ring (bicyclic) bond motifs is 1. The topological polar surface area (TPSA) is 81.5 Å². The van der Waals surface area contributed by atoms with Gasteiger partial charge in [0.2, 0.25) is 10.0 Å². The van der Waals surface area contributed by atoms with Crippen LogP contribution in [-0.2, 0) is 34.5 Å². The molecule has 3 aromatic rings. The first-order valence-electron chi connectivity index (χ1n) is 10.3. The van der Waals surface area contributed by atoms with Crippen LogP contribution >= 0.6 is 0 Å². The molecule has 0 amide bonds. The minimum atomic E-state index is -4.64. The summed E-state index contributed by atoms with van der Waals surface area (Å²) in [6.45, 7) is 4.18. The Labute approximate surface area is 189 Å². The van der Waals surface area contributed by atoms with Crippen molar-refractivity contribution in [3.05, 3.63) is 53.9 Å². The van der Waals surface area contributed by atoms with Crippen LogP contribution in [0.4, 0.5) is 13.2 Å². The molecule has 0 fully saturated rings. The number of ether oxygens (including phenoxy) is 1. The lowest BCUT2D eigenvalue weighted by atomic mass is 10.2. The molecule has 11 heteroatoms. The molecule has 0 aliphatic carbocycles. The van der Waals surface area contributed by atoms with E-state index in [-0.39, 0.29) is 17.7 Å². The van der Waals surface area contributed by atoms with E-state index in [2.05, 4.69) is 4.98 Å². The van der Waals surface area contributed by atoms with Crippen LogP contribution in [0.25, 0.3) is 11.0 Å². The van der Waals surface area contributed by atoms with Gasteiger partial charge in [0, 0.05) is 26.6 Å². The average molecular weight is 484 g/mol. The summed E-state index contributed by atoms with van der Waals surface area (Å²) < 4.78 is 72.8. The van der Waals surface area contributed by atoms with Gasteiger partial charge in [-0.1, -0.05) is 26.0 Å². The average Bonchev–Trinajstić information content (AvgIpc) is 3.07. The first-order chi connectivity index (χ1) is 15.5. The van der Waals surface area contributed by atoms with E-state index in [0.717, 1.165) is 12.1 Å². The maximum Gasteiger partial charge on any atom is 0.419 e. The zero-order valence-electron chi connectivity index (χ0n) is 18.4. The number of rotatable bonds is 8. The number of aryl methyl sites for hydroxylation is 2. The number of aromatic nitrogens is 2. The fraction of sp³-hybridized carbons (Fsp3) is 0.364. The van der Waals surface area contributed by atoms with Gasteiger partial charge in [0.15, 0.2) is 0 Å². The number of halogens is 3. The molecule has 0 aliphatic heterocycles. The van der Waals surface area contributed by atoms with E-state index in [9.17, 15) is 26.4 Å². The highest BCUT2D eigenvalue weighted by molar-refractivity contribution is 7.89. The van der Waals surface area contributed by atoms with E-state index in [1.807, 2.05) is 0 Å². The zero-order chi connectivity index (χ0) is 24.4. The number of alkyl halides is 3. The summed E-state index contributed by atoms with van der Waals surface area (Å²) in [5.74, 6) is -0.904. The third-order valence-corrected chi connectivity index (χ3v) is 7.30. The standard InChI is InChI=1S/C22H24F3N3O4S/c1-4-28(5-2)33(30,31)15-10-11-18-17(14-15)26-20(27(18)3)12-13-21(29)32-19-9-7-6-8-16(19)22(23,24)25/h6-11,14H,4-5,12-13H2,1-3H3. The summed E-state index contributed by atoms with van der Waals surface area (Å²) in [4.78, 5) is 16.7. The Morgan fingerprint density at radius 3 is 2.42 bits per heavy atom. The highest BCUT2D eigenvalue weighted by Crippen LogP contribution is 2.36. The Morgan fingerprint density at radius 1 is 1.12 bits per heavy atom. The fourth-order valence-electron chi connectivity index (χ4n) is 3.50. The molecule has 0 aliphatic rings. The van der Waals surface area contributed by atoms with E-state index in [1.165, 1.54) is 28.6 Å². The molecule has 178 valence electrons. The maximum atomic E-state index is 13.1. The van der Waals surface area contributed by atoms with Crippen LogP contribution in [0.2, 0.25) is 0 Å². The molecule has 33 heavy (non-hydrogen) atoms. The second-order valence-electron chi connectivity index (χ2n) is 7.29. The number of hydrogen-bond acceptors (Lipinski definition) is 5. The van der Waals surface area contributed by atoms with E-state index in [1.54, 1.807) is 31.5 Å². The van der Waals surface area contributed by atoms with Crippen molar-refractivity contribution in [3.8, 4) is 5.75 Å². The molecular formula is C22H24F3N3O4S. The number of nitrogens with zero attached hydrogens (tertiary/aromatic N) is 3. The summed E-state index contributed by atoms with van der Waals surface area (Å²) in [7, 11) is -1.94. The first kappa shape index (κ1) is 24.7. The molecule has 0 saturated carbocycles. The predicted molar refractivity (Wildman–Crippen MR) is 116 cm³/mol. The summed E-state index contributed by atoms with van der Waals surface area (Å²) in [5, 5.41) is 0. The molecule has 1 heterocycles. The summed E-state index contributed by atoms with van der Waals surface area (Å²) in [6.07, 6.45) is -4.73. The van der Waals surface area contributed by atoms with Crippen LogP contribution in [0, 0.1) is 0 Å². The van der Waals surface area contributed by atoms with Gasteiger partial charge in [-0.3, -0.25) is 4.79 Å². The lowest BCUT2D eigenvalue weighted by Gasteiger charge is -2.18. The van der Waals surface area contributed by atoms with Gasteiger partial charge in [-0.25, -0.2) is 13.4 Å². The quantitative estimate of drug-likeness (QED) is 0.355. The number of carbonyl (C=O) groups excluding carboxylic acids is 1. The van der Waals surface area contributed by atoms with Crippen molar-refractivity contribution in [2.45, 2.75) is 37.8 Å². The smallest absolute Gasteiger partial charge is 0.419 e. The number of imidazole rings is 1. The van der Waals surface area contributed by atoms with Gasteiger partial charge in [0.05, 0.1) is 27.9 Å². The number of hydrogen-bond donors (Lipinski definition) is 0. The van der Waals surface area contributed by atoms with Crippen molar-refractivity contribution in [2.75, 3.05) is 13.1 Å². The first-order valence-corrected chi connectivity index (χ1v) is 11.8. The van der Waals surface area contributed by atoms with Gasteiger partial charge < -0.3 is 9.30 Å². The molecule has 0 atom stereocenters. The lowest BCUT2D eigenvalue weighted by Crippen LogP contribution is -2.30. The molecule has 0 radical (unpaired) electrons. The van der Waals surface area contributed by atoms with Crippen molar-refractivity contribution in [1.82, 2.24) is 13.9 Å². The Balaban J connectivity index is 1.78. The van der Waals surface area contributed by atoms with Crippen LogP contribution < -0.4 is 4.74 Å². The van der Waals surface area contributed by atoms with Crippen LogP contribution in [0.5, 0.6) is 5.75 Å². The highest BCUT2D eigenvalue weighted by Gasteiger charge is 2.34. The SMILES string of the molecule is CCN(CC)S(=O)(=O)c1ccc2c(c1)nc(CCC(=O)Oc1ccccc1C(F)(F)F)n2C. The Hall–Kier alpha value is -2.92. The molecule has 1 aromatic heterocycles. The lowest BCUT2D eigenvalue weighted by molar-refractivity contribution is -0.142. The second-order valence-corrected chi connectivity index (χ2v) is 9.23. The normalized spacial score (nSPS) is 12.5. The van der Waals surface area contributed by atoms with Crippen molar-refractivity contribution >= 4 is 27.0 Å². The Bertz CT molecular complexity index is 1270. The van der Waals surface area contributed by atoms with Crippen molar-refractivity contribution in [2.24, 2.45) is 7.05 Å². The number of sulfonamides is 1. The number of esters is 1. The third-order valence-electron chi connectivity index (χ3n) is 5.26. The van der Waals surface area contributed by atoms with Gasteiger partial charge in [-0.2, -0.15) is 17.5 Å². The maximum absolute atomic E-state index is 13.1. The molecule has 3 rings (SSSR count). The van der Waals surface area contributed by atoms with Crippen molar-refractivity contribution < 1.29 is 31.1 Å². The van der Waals surface area contributed by atoms with Crippen molar-refractivity contribution in [3.63, 3.8) is 0 Å². The van der Waals surface area contributed by atoms with Gasteiger partial charge in [0.1, 0.15) is 11.6 Å². The molecule has 2 aromatic carbocycles. The Kier molecular flexibility index (Phi) is 7.13. The molecule has 0 spiro atoms. The molecule has 0 unspecified atom stereocenters. The highest BCUT2D eigenvalue weighted by atomic mass is 32.2. The summed E-state index contributed by atoms with van der Waals surface area (Å²) in [6, 6.07) is 9.13. The summed E-state index contributed by atoms with van der Waals surface area (Å²) >= 11 is 0. The van der Waals surface area contributed by atoms with Gasteiger partial charge >= 0.3 is 12.1 Å². The number of carbonyl (C=O) groups is 1. The fourth-order valence-corrected chi connectivity index (χ4v) is 4.98. The molecule has 0 bridgehead atoms. The number of benzene rings is 2. The van der Waals surface area contributed by atoms with E-state index in [0.29, 0.717) is 29.9 Å². The van der Waals surface area contributed by atoms with Gasteiger partial charge in [-0.05, 0) is 30.3 Å². The van der Waals surface area contributed by atoms with Crippen LogP contribution in [-0.4, -0.2) is 41.3 Å². The van der Waals surface area contributed by atoms with Crippen LogP contribution in [0.1, 0.15) is 31.7 Å².